The number of urea groups is 1. The van der Waals surface area contributed by atoms with Crippen LogP contribution in [-0.4, -0.2) is 37.4 Å². The van der Waals surface area contributed by atoms with Gasteiger partial charge in [0.1, 0.15) is 5.37 Å². The summed E-state index contributed by atoms with van der Waals surface area (Å²) in [6.45, 7) is 0.459. The lowest BCUT2D eigenvalue weighted by atomic mass is 10.1. The predicted molar refractivity (Wildman–Crippen MR) is 102 cm³/mol. The first kappa shape index (κ1) is 20.2. The smallest absolute Gasteiger partial charge is 0.416 e. The number of methoxy groups -OCH3 is 2. The molecule has 0 bridgehead atoms. The molecule has 28 heavy (non-hydrogen) atoms. The Morgan fingerprint density at radius 2 is 1.93 bits per heavy atom. The van der Waals surface area contributed by atoms with E-state index in [0.717, 1.165) is 17.7 Å². The van der Waals surface area contributed by atoms with E-state index in [0.29, 0.717) is 23.8 Å². The zero-order valence-corrected chi connectivity index (χ0v) is 16.1. The minimum absolute atomic E-state index is 0.0908. The maximum atomic E-state index is 12.9. The molecule has 1 fully saturated rings. The molecule has 2 aromatic rings. The number of benzene rings is 2. The first-order valence-corrected chi connectivity index (χ1v) is 9.47. The van der Waals surface area contributed by atoms with Crippen molar-refractivity contribution in [1.82, 2.24) is 4.90 Å². The molecule has 2 amide bonds. The highest BCUT2D eigenvalue weighted by molar-refractivity contribution is 7.99. The van der Waals surface area contributed by atoms with E-state index in [4.69, 9.17) is 9.47 Å². The lowest BCUT2D eigenvalue weighted by molar-refractivity contribution is -0.137. The van der Waals surface area contributed by atoms with Crippen molar-refractivity contribution >= 4 is 23.5 Å². The number of hydrogen-bond donors (Lipinski definition) is 1. The van der Waals surface area contributed by atoms with Crippen LogP contribution in [0.4, 0.5) is 23.7 Å². The van der Waals surface area contributed by atoms with Crippen molar-refractivity contribution in [3.63, 3.8) is 0 Å². The van der Waals surface area contributed by atoms with Gasteiger partial charge in [-0.3, -0.25) is 0 Å². The van der Waals surface area contributed by atoms with Crippen LogP contribution in [0.3, 0.4) is 0 Å². The van der Waals surface area contributed by atoms with Crippen molar-refractivity contribution < 1.29 is 27.4 Å². The topological polar surface area (TPSA) is 50.8 Å². The monoisotopic (exact) mass is 412 g/mol. The summed E-state index contributed by atoms with van der Waals surface area (Å²) in [4.78, 5) is 14.3. The summed E-state index contributed by atoms with van der Waals surface area (Å²) in [6.07, 6.45) is -4.47. The SMILES string of the molecule is COc1cccc(C2SCCN2C(=O)Nc2cccc(C(F)(F)F)c2)c1OC. The van der Waals surface area contributed by atoms with Crippen LogP contribution in [0.2, 0.25) is 0 Å². The lowest BCUT2D eigenvalue weighted by Crippen LogP contribution is -2.34. The third-order valence-corrected chi connectivity index (χ3v) is 5.53. The van der Waals surface area contributed by atoms with Crippen molar-refractivity contribution in [2.45, 2.75) is 11.6 Å². The number of hydrogen-bond acceptors (Lipinski definition) is 4. The standard InChI is InChI=1S/C19H19F3N2O3S/c1-26-15-8-4-7-14(16(15)27-2)17-24(9-10-28-17)18(25)23-13-6-3-5-12(11-13)19(20,21)22/h3-8,11,17H,9-10H2,1-2H3,(H,23,25). The number of thioether (sulfide) groups is 1. The normalized spacial score (nSPS) is 16.8. The van der Waals surface area contributed by atoms with E-state index in [-0.39, 0.29) is 11.1 Å². The Bertz CT molecular complexity index is 861. The Morgan fingerprint density at radius 1 is 1.18 bits per heavy atom. The van der Waals surface area contributed by atoms with Gasteiger partial charge in [0.05, 0.1) is 19.8 Å². The van der Waals surface area contributed by atoms with Crippen molar-refractivity contribution in [2.24, 2.45) is 0 Å². The molecule has 5 nitrogen and oxygen atoms in total. The number of amides is 2. The van der Waals surface area contributed by atoms with Gasteiger partial charge in [0.2, 0.25) is 0 Å². The number of alkyl halides is 3. The van der Waals surface area contributed by atoms with Crippen molar-refractivity contribution in [2.75, 3.05) is 31.8 Å². The summed E-state index contributed by atoms with van der Waals surface area (Å²) in [7, 11) is 3.05. The van der Waals surface area contributed by atoms with E-state index in [1.165, 1.54) is 26.4 Å². The number of para-hydroxylation sites is 1. The van der Waals surface area contributed by atoms with Crippen LogP contribution in [0.25, 0.3) is 0 Å². The fourth-order valence-corrected chi connectivity index (χ4v) is 4.28. The summed E-state index contributed by atoms with van der Waals surface area (Å²) in [6, 6.07) is 9.51. The zero-order valence-electron chi connectivity index (χ0n) is 15.2. The molecule has 1 N–H and O–H groups in total. The van der Waals surface area contributed by atoms with E-state index < -0.39 is 17.8 Å². The van der Waals surface area contributed by atoms with E-state index in [1.807, 2.05) is 6.07 Å². The molecule has 0 saturated carbocycles. The Labute approximate surface area is 164 Å². The van der Waals surface area contributed by atoms with E-state index in [9.17, 15) is 18.0 Å². The van der Waals surface area contributed by atoms with Gasteiger partial charge in [-0.25, -0.2) is 4.79 Å². The number of carbonyl (C=O) groups excluding carboxylic acids is 1. The highest BCUT2D eigenvalue weighted by atomic mass is 32.2. The molecule has 1 aliphatic rings. The van der Waals surface area contributed by atoms with E-state index in [2.05, 4.69) is 5.32 Å². The molecule has 1 aliphatic heterocycles. The number of carbonyl (C=O) groups is 1. The van der Waals surface area contributed by atoms with Gasteiger partial charge in [-0.2, -0.15) is 13.2 Å². The van der Waals surface area contributed by atoms with Crippen molar-refractivity contribution in [3.8, 4) is 11.5 Å². The summed E-state index contributed by atoms with van der Waals surface area (Å²) >= 11 is 1.55. The van der Waals surface area contributed by atoms with Crippen molar-refractivity contribution in [3.05, 3.63) is 53.6 Å². The average molecular weight is 412 g/mol. The highest BCUT2D eigenvalue weighted by Crippen LogP contribution is 2.45. The predicted octanol–water partition coefficient (Wildman–Crippen LogP) is 5.00. The zero-order chi connectivity index (χ0) is 20.3. The minimum Gasteiger partial charge on any atom is -0.493 e. The molecule has 0 spiro atoms. The van der Waals surface area contributed by atoms with Gasteiger partial charge in [0, 0.05) is 23.5 Å². The number of rotatable bonds is 4. The Morgan fingerprint density at radius 3 is 2.61 bits per heavy atom. The molecule has 3 rings (SSSR count). The summed E-state index contributed by atoms with van der Waals surface area (Å²) in [5, 5.41) is 2.23. The summed E-state index contributed by atoms with van der Waals surface area (Å²) in [5.41, 5.74) is 0.0451. The van der Waals surface area contributed by atoms with Crippen LogP contribution < -0.4 is 14.8 Å². The molecule has 9 heteroatoms. The van der Waals surface area contributed by atoms with Crippen LogP contribution in [-0.2, 0) is 6.18 Å². The second kappa shape index (κ2) is 8.22. The molecule has 1 unspecified atom stereocenters. The number of nitrogens with one attached hydrogen (secondary N) is 1. The van der Waals surface area contributed by atoms with Gasteiger partial charge < -0.3 is 19.7 Å². The van der Waals surface area contributed by atoms with Crippen LogP contribution in [0.5, 0.6) is 11.5 Å². The van der Waals surface area contributed by atoms with Crippen molar-refractivity contribution in [1.29, 1.82) is 0 Å². The average Bonchev–Trinajstić information content (AvgIpc) is 3.16. The minimum atomic E-state index is -4.47. The molecule has 0 aromatic heterocycles. The largest absolute Gasteiger partial charge is 0.493 e. The molecule has 1 heterocycles. The summed E-state index contributed by atoms with van der Waals surface area (Å²) in [5.74, 6) is 1.77. The molecule has 1 atom stereocenters. The third kappa shape index (κ3) is 4.14. The number of nitrogens with zero attached hydrogens (tertiary/aromatic N) is 1. The maximum Gasteiger partial charge on any atom is 0.416 e. The molecule has 1 saturated heterocycles. The van der Waals surface area contributed by atoms with Gasteiger partial charge in [0.15, 0.2) is 11.5 Å². The van der Waals surface area contributed by atoms with Gasteiger partial charge in [-0.15, -0.1) is 11.8 Å². The van der Waals surface area contributed by atoms with Gasteiger partial charge >= 0.3 is 12.2 Å². The highest BCUT2D eigenvalue weighted by Gasteiger charge is 2.34. The molecule has 150 valence electrons. The Balaban J connectivity index is 1.83. The second-order valence-electron chi connectivity index (χ2n) is 6.01. The number of halogens is 3. The molecular formula is C19H19F3N2O3S. The quantitative estimate of drug-likeness (QED) is 0.768. The summed E-state index contributed by atoms with van der Waals surface area (Å²) < 4.78 is 49.4. The first-order chi connectivity index (χ1) is 13.3. The fraction of sp³-hybridized carbons (Fsp3) is 0.316. The van der Waals surface area contributed by atoms with E-state index >= 15 is 0 Å². The van der Waals surface area contributed by atoms with E-state index in [1.54, 1.807) is 28.8 Å². The molecular weight excluding hydrogens is 393 g/mol. The van der Waals surface area contributed by atoms with Crippen LogP contribution in [0.1, 0.15) is 16.5 Å². The van der Waals surface area contributed by atoms with Crippen LogP contribution in [0.15, 0.2) is 42.5 Å². The van der Waals surface area contributed by atoms with Crippen LogP contribution >= 0.6 is 11.8 Å². The second-order valence-corrected chi connectivity index (χ2v) is 7.20. The lowest BCUT2D eigenvalue weighted by Gasteiger charge is -2.26. The molecule has 2 aromatic carbocycles. The first-order valence-electron chi connectivity index (χ1n) is 8.42. The molecule has 0 aliphatic carbocycles. The van der Waals surface area contributed by atoms with Crippen LogP contribution in [0, 0.1) is 0 Å². The molecule has 0 radical (unpaired) electrons. The third-order valence-electron chi connectivity index (χ3n) is 4.29. The van der Waals surface area contributed by atoms with Gasteiger partial charge in [-0.1, -0.05) is 18.2 Å². The maximum absolute atomic E-state index is 12.9. The van der Waals surface area contributed by atoms with Gasteiger partial charge in [-0.05, 0) is 24.3 Å². The van der Waals surface area contributed by atoms with Gasteiger partial charge in [0.25, 0.3) is 0 Å². The fourth-order valence-electron chi connectivity index (χ4n) is 3.01. The number of anilines is 1. The Hall–Kier alpha value is -2.55. The Kier molecular flexibility index (Phi) is 5.93. The number of ether oxygens (including phenoxy) is 2.